The fourth-order valence-corrected chi connectivity index (χ4v) is 2.68. The molecular formula is C17H24N2O2. The molecule has 1 aromatic carbocycles. The van der Waals surface area contributed by atoms with Gasteiger partial charge in [-0.25, -0.2) is 0 Å². The lowest BCUT2D eigenvalue weighted by Crippen LogP contribution is -2.41. The normalized spacial score (nSPS) is 17.7. The summed E-state index contributed by atoms with van der Waals surface area (Å²) in [5.41, 5.74) is 2.32. The molecule has 0 aliphatic carbocycles. The Labute approximate surface area is 126 Å². The lowest BCUT2D eigenvalue weighted by molar-refractivity contribution is -0.144. The molecule has 2 rings (SSSR count). The number of imide groups is 1. The number of hydrogen-bond donors (Lipinski definition) is 1. The van der Waals surface area contributed by atoms with Gasteiger partial charge in [-0.1, -0.05) is 36.8 Å². The Morgan fingerprint density at radius 1 is 1.10 bits per heavy atom. The van der Waals surface area contributed by atoms with Gasteiger partial charge in [-0.05, 0) is 31.9 Å². The smallest absolute Gasteiger partial charge is 0.229 e. The van der Waals surface area contributed by atoms with E-state index < -0.39 is 0 Å². The van der Waals surface area contributed by atoms with E-state index in [0.29, 0.717) is 19.4 Å². The highest BCUT2D eigenvalue weighted by Crippen LogP contribution is 2.19. The van der Waals surface area contributed by atoms with Gasteiger partial charge < -0.3 is 5.32 Å². The molecule has 0 bridgehead atoms. The lowest BCUT2D eigenvalue weighted by Gasteiger charge is -2.26. The second kappa shape index (κ2) is 7.36. The van der Waals surface area contributed by atoms with Gasteiger partial charge in [0, 0.05) is 19.4 Å². The minimum Gasteiger partial charge on any atom is -0.309 e. The Morgan fingerprint density at radius 2 is 1.67 bits per heavy atom. The summed E-state index contributed by atoms with van der Waals surface area (Å²) in [5.74, 6) is -0.0694. The van der Waals surface area contributed by atoms with Crippen LogP contribution in [0.25, 0.3) is 0 Å². The maximum absolute atomic E-state index is 12.1. The molecule has 1 N–H and O–H groups in total. The van der Waals surface area contributed by atoms with E-state index in [2.05, 4.69) is 29.6 Å². The Balaban J connectivity index is 2.16. The van der Waals surface area contributed by atoms with Crippen molar-refractivity contribution in [3.8, 4) is 0 Å². The third kappa shape index (κ3) is 4.14. The molecule has 1 unspecified atom stereocenters. The summed E-state index contributed by atoms with van der Waals surface area (Å²) in [7, 11) is 0. The number of aryl methyl sites for hydroxylation is 1. The first-order valence-electron chi connectivity index (χ1n) is 7.75. The molecule has 4 heteroatoms. The van der Waals surface area contributed by atoms with Crippen molar-refractivity contribution in [2.24, 2.45) is 0 Å². The fraction of sp³-hybridized carbons (Fsp3) is 0.529. The minimum absolute atomic E-state index is 0.00148. The zero-order valence-corrected chi connectivity index (χ0v) is 12.9. The van der Waals surface area contributed by atoms with Gasteiger partial charge in [0.1, 0.15) is 0 Å². The van der Waals surface area contributed by atoms with Crippen molar-refractivity contribution in [1.82, 2.24) is 10.2 Å². The number of carbonyl (C=O) groups is 2. The van der Waals surface area contributed by atoms with Crippen molar-refractivity contribution in [1.29, 1.82) is 0 Å². The third-order valence-electron chi connectivity index (χ3n) is 3.93. The number of nitrogens with one attached hydrogen (secondary N) is 1. The quantitative estimate of drug-likeness (QED) is 0.847. The number of likely N-dealkylation sites (N-methyl/N-ethyl adjacent to an activating group) is 1. The van der Waals surface area contributed by atoms with Crippen LogP contribution >= 0.6 is 0 Å². The van der Waals surface area contributed by atoms with E-state index in [4.69, 9.17) is 0 Å². The van der Waals surface area contributed by atoms with Gasteiger partial charge in [0.05, 0.1) is 6.04 Å². The average molecular weight is 288 g/mol. The van der Waals surface area contributed by atoms with Gasteiger partial charge in [-0.15, -0.1) is 0 Å². The highest BCUT2D eigenvalue weighted by molar-refractivity contribution is 5.96. The van der Waals surface area contributed by atoms with E-state index >= 15 is 0 Å². The molecule has 4 nitrogen and oxygen atoms in total. The monoisotopic (exact) mass is 288 g/mol. The van der Waals surface area contributed by atoms with Gasteiger partial charge in [-0.3, -0.25) is 14.5 Å². The number of amides is 2. The number of rotatable bonds is 5. The van der Waals surface area contributed by atoms with Crippen LogP contribution in [0.4, 0.5) is 0 Å². The Bertz CT molecular complexity index is 478. The van der Waals surface area contributed by atoms with Crippen LogP contribution in [0.1, 0.15) is 49.8 Å². The highest BCUT2D eigenvalue weighted by atomic mass is 16.2. The van der Waals surface area contributed by atoms with Gasteiger partial charge in [0.2, 0.25) is 11.8 Å². The SMILES string of the molecule is CCNC(CN1C(=O)CCCCC1=O)c1ccc(C)cc1. The largest absolute Gasteiger partial charge is 0.309 e. The van der Waals surface area contributed by atoms with Crippen LogP contribution in [-0.2, 0) is 9.59 Å². The first-order chi connectivity index (χ1) is 10.1. The standard InChI is InChI=1S/C17H24N2O2/c1-3-18-15(14-10-8-13(2)9-11-14)12-19-16(20)6-4-5-7-17(19)21/h8-11,15,18H,3-7,12H2,1-2H3. The number of nitrogens with zero attached hydrogens (tertiary/aromatic N) is 1. The molecule has 1 aromatic rings. The molecule has 0 aromatic heterocycles. The second-order valence-corrected chi connectivity index (χ2v) is 5.63. The Kier molecular flexibility index (Phi) is 5.51. The predicted molar refractivity (Wildman–Crippen MR) is 82.8 cm³/mol. The van der Waals surface area contributed by atoms with Gasteiger partial charge in [0.25, 0.3) is 0 Å². The zero-order valence-electron chi connectivity index (χ0n) is 12.9. The topological polar surface area (TPSA) is 49.4 Å². The van der Waals surface area contributed by atoms with Gasteiger partial charge >= 0.3 is 0 Å². The van der Waals surface area contributed by atoms with Crippen LogP contribution in [0, 0.1) is 6.92 Å². The maximum Gasteiger partial charge on any atom is 0.229 e. The van der Waals surface area contributed by atoms with Crippen LogP contribution in [0.2, 0.25) is 0 Å². The van der Waals surface area contributed by atoms with E-state index in [-0.39, 0.29) is 17.9 Å². The van der Waals surface area contributed by atoms with Gasteiger partial charge in [0.15, 0.2) is 0 Å². The van der Waals surface area contributed by atoms with Gasteiger partial charge in [-0.2, -0.15) is 0 Å². The van der Waals surface area contributed by atoms with E-state index in [9.17, 15) is 9.59 Å². The summed E-state index contributed by atoms with van der Waals surface area (Å²) in [6.07, 6.45) is 2.60. The van der Waals surface area contributed by atoms with Crippen LogP contribution < -0.4 is 5.32 Å². The molecule has 1 saturated heterocycles. The second-order valence-electron chi connectivity index (χ2n) is 5.63. The maximum atomic E-state index is 12.1. The van der Waals surface area contributed by atoms with E-state index in [1.165, 1.54) is 10.5 Å². The molecule has 0 saturated carbocycles. The molecule has 2 amide bonds. The Hall–Kier alpha value is -1.68. The minimum atomic E-state index is -0.0347. The van der Waals surface area contributed by atoms with Crippen molar-refractivity contribution >= 4 is 11.8 Å². The third-order valence-corrected chi connectivity index (χ3v) is 3.93. The molecule has 1 atom stereocenters. The number of benzene rings is 1. The number of carbonyl (C=O) groups excluding carboxylic acids is 2. The summed E-state index contributed by atoms with van der Waals surface area (Å²) in [5, 5.41) is 3.38. The van der Waals surface area contributed by atoms with E-state index in [0.717, 1.165) is 24.9 Å². The van der Waals surface area contributed by atoms with Crippen LogP contribution in [-0.4, -0.2) is 29.8 Å². The van der Waals surface area contributed by atoms with Crippen molar-refractivity contribution in [3.05, 3.63) is 35.4 Å². The summed E-state index contributed by atoms with van der Waals surface area (Å²) < 4.78 is 0. The van der Waals surface area contributed by atoms with Crippen molar-refractivity contribution in [2.45, 2.75) is 45.6 Å². The number of likely N-dealkylation sites (tertiary alicyclic amines) is 1. The predicted octanol–water partition coefficient (Wildman–Crippen LogP) is 2.57. The highest BCUT2D eigenvalue weighted by Gasteiger charge is 2.27. The van der Waals surface area contributed by atoms with Crippen molar-refractivity contribution < 1.29 is 9.59 Å². The van der Waals surface area contributed by atoms with Crippen molar-refractivity contribution in [2.75, 3.05) is 13.1 Å². The molecule has 0 radical (unpaired) electrons. The number of hydrogen-bond acceptors (Lipinski definition) is 3. The summed E-state index contributed by atoms with van der Waals surface area (Å²) in [6.45, 7) is 5.31. The molecule has 1 aliphatic rings. The first kappa shape index (κ1) is 15.7. The molecule has 0 spiro atoms. The van der Waals surface area contributed by atoms with E-state index in [1.54, 1.807) is 0 Å². The molecular weight excluding hydrogens is 264 g/mol. The lowest BCUT2D eigenvalue weighted by atomic mass is 10.0. The summed E-state index contributed by atoms with van der Waals surface area (Å²) >= 11 is 0. The molecule has 114 valence electrons. The molecule has 1 aliphatic heterocycles. The van der Waals surface area contributed by atoms with Crippen LogP contribution in [0.3, 0.4) is 0 Å². The molecule has 1 fully saturated rings. The van der Waals surface area contributed by atoms with Crippen LogP contribution in [0.15, 0.2) is 24.3 Å². The molecule has 21 heavy (non-hydrogen) atoms. The summed E-state index contributed by atoms with van der Waals surface area (Å²) in [4.78, 5) is 25.7. The Morgan fingerprint density at radius 3 is 2.19 bits per heavy atom. The van der Waals surface area contributed by atoms with Crippen molar-refractivity contribution in [3.63, 3.8) is 0 Å². The summed E-state index contributed by atoms with van der Waals surface area (Å²) in [6, 6.07) is 8.25. The average Bonchev–Trinajstić information content (AvgIpc) is 2.62. The van der Waals surface area contributed by atoms with Crippen LogP contribution in [0.5, 0.6) is 0 Å². The first-order valence-corrected chi connectivity index (χ1v) is 7.75. The molecule has 1 heterocycles. The zero-order chi connectivity index (χ0) is 15.2. The van der Waals surface area contributed by atoms with E-state index in [1.807, 2.05) is 13.8 Å². The fourth-order valence-electron chi connectivity index (χ4n) is 2.68.